The van der Waals surface area contributed by atoms with Crippen molar-refractivity contribution in [2.45, 2.75) is 57.8 Å². The van der Waals surface area contributed by atoms with E-state index >= 15 is 0 Å². The van der Waals surface area contributed by atoms with E-state index in [2.05, 4.69) is 85.2 Å². The number of anilines is 1. The van der Waals surface area contributed by atoms with Crippen LogP contribution in [0.3, 0.4) is 0 Å². The zero-order valence-corrected chi connectivity index (χ0v) is 27.3. The molecule has 10 heteroatoms. The number of halogens is 2. The van der Waals surface area contributed by atoms with Crippen molar-refractivity contribution in [3.63, 3.8) is 0 Å². The number of aromatic nitrogens is 4. The van der Waals surface area contributed by atoms with Gasteiger partial charge in [-0.3, -0.25) is 0 Å². The van der Waals surface area contributed by atoms with Gasteiger partial charge in [0.05, 0.1) is 28.5 Å². The maximum atomic E-state index is 6.49. The van der Waals surface area contributed by atoms with Gasteiger partial charge >= 0.3 is 0 Å². The van der Waals surface area contributed by atoms with E-state index in [1.807, 2.05) is 38.2 Å². The maximum absolute atomic E-state index is 6.49. The Kier molecular flexibility index (Phi) is 7.61. The number of nitrogens with one attached hydrogen (secondary N) is 1. The summed E-state index contributed by atoms with van der Waals surface area (Å²) in [7, 11) is 1.67. The van der Waals surface area contributed by atoms with Crippen molar-refractivity contribution in [3.05, 3.63) is 99.5 Å². The number of hydrogen-bond donors (Lipinski definition) is 1. The van der Waals surface area contributed by atoms with Gasteiger partial charge in [-0.25, -0.2) is 15.0 Å². The molecule has 1 aliphatic carbocycles. The summed E-state index contributed by atoms with van der Waals surface area (Å²) >= 11 is 10.1. The van der Waals surface area contributed by atoms with Gasteiger partial charge in [0.1, 0.15) is 40.9 Å². The van der Waals surface area contributed by atoms with Crippen LogP contribution in [0.5, 0.6) is 5.75 Å². The number of fused-ring (bicyclic) bond motifs is 3. The molecule has 44 heavy (non-hydrogen) atoms. The fourth-order valence-corrected chi connectivity index (χ4v) is 7.05. The van der Waals surface area contributed by atoms with E-state index in [1.165, 1.54) is 17.5 Å². The molecule has 4 heterocycles. The molecule has 1 aliphatic heterocycles. The zero-order valence-electron chi connectivity index (χ0n) is 24.9. The minimum absolute atomic E-state index is 0.0716. The first-order chi connectivity index (χ1) is 21.2. The van der Waals surface area contributed by atoms with Gasteiger partial charge in [0.15, 0.2) is 5.79 Å². The number of ether oxygens (including phenoxy) is 3. The van der Waals surface area contributed by atoms with Gasteiger partial charge in [0, 0.05) is 18.1 Å². The fraction of sp³-hybridized carbons (Fsp3) is 0.324. The van der Waals surface area contributed by atoms with Gasteiger partial charge in [-0.1, -0.05) is 48.9 Å². The molecule has 8 nitrogen and oxygen atoms in total. The minimum atomic E-state index is -0.683. The monoisotopic (exact) mass is 673 g/mol. The Morgan fingerprint density at radius 1 is 1.07 bits per heavy atom. The van der Waals surface area contributed by atoms with Crippen LogP contribution in [0, 0.1) is 5.92 Å². The first-order valence-electron chi connectivity index (χ1n) is 14.7. The summed E-state index contributed by atoms with van der Waals surface area (Å²) in [6.07, 6.45) is 6.34. The van der Waals surface area contributed by atoms with E-state index in [0.717, 1.165) is 50.0 Å². The lowest BCUT2D eigenvalue weighted by Gasteiger charge is -2.22. The van der Waals surface area contributed by atoms with Crippen LogP contribution in [0.1, 0.15) is 37.9 Å². The summed E-state index contributed by atoms with van der Waals surface area (Å²) in [6.45, 7) is 6.87. The molecule has 1 N–H and O–H groups in total. The van der Waals surface area contributed by atoms with E-state index in [4.69, 9.17) is 30.8 Å². The Hall–Kier alpha value is -3.50. The minimum Gasteiger partial charge on any atom is -0.497 e. The number of nitrogens with zero attached hydrogens (tertiary/aromatic N) is 4. The molecule has 4 atom stereocenters. The Morgan fingerprint density at radius 2 is 1.86 bits per heavy atom. The number of rotatable bonds is 8. The number of benzene rings is 2. The normalized spacial score (nSPS) is 21.4. The second-order valence-electron chi connectivity index (χ2n) is 12.0. The largest absolute Gasteiger partial charge is 0.497 e. The van der Waals surface area contributed by atoms with Crippen LogP contribution in [0.2, 0.25) is 5.15 Å². The standard InChI is InChI=1S/C34H33BrClN5O3/c1-19(25-16-28(30-29(25)43-34(2,3)44-30)41-12-11-24-31(36)38-18-39-33(24)41)13-21-5-8-22-15-26(35)32(40-27(22)14-21)37-17-20-6-9-23(42-4)10-7-20/h5-12,14-16,18-19,28-30H,13,17H2,1-4H3,(H,37,40)/t19?,28-,29-,30+/m1/s1. The summed E-state index contributed by atoms with van der Waals surface area (Å²) in [5.41, 5.74) is 5.33. The number of hydrogen-bond acceptors (Lipinski definition) is 7. The first kappa shape index (κ1) is 29.2. The van der Waals surface area contributed by atoms with Crippen molar-refractivity contribution in [1.82, 2.24) is 19.5 Å². The van der Waals surface area contributed by atoms with Gasteiger partial charge in [-0.2, -0.15) is 0 Å². The van der Waals surface area contributed by atoms with E-state index < -0.39 is 5.79 Å². The van der Waals surface area contributed by atoms with Gasteiger partial charge in [0.25, 0.3) is 0 Å². The average Bonchev–Trinajstić information content (AvgIpc) is 3.67. The number of methoxy groups -OCH3 is 1. The second kappa shape index (κ2) is 11.5. The molecule has 0 amide bonds. The molecule has 5 aromatic rings. The molecule has 1 unspecified atom stereocenters. The van der Waals surface area contributed by atoms with E-state index in [-0.39, 0.29) is 24.2 Å². The van der Waals surface area contributed by atoms with Crippen molar-refractivity contribution < 1.29 is 14.2 Å². The Morgan fingerprint density at radius 3 is 2.66 bits per heavy atom. The van der Waals surface area contributed by atoms with Crippen molar-refractivity contribution in [2.75, 3.05) is 12.4 Å². The Bertz CT molecular complexity index is 1890. The third-order valence-electron chi connectivity index (χ3n) is 8.50. The van der Waals surface area contributed by atoms with Gasteiger partial charge in [-0.05, 0) is 89.1 Å². The molecule has 3 aromatic heterocycles. The van der Waals surface area contributed by atoms with Crippen molar-refractivity contribution in [1.29, 1.82) is 0 Å². The smallest absolute Gasteiger partial charge is 0.164 e. The topological polar surface area (TPSA) is 83.3 Å². The molecule has 1 fully saturated rings. The molecule has 0 radical (unpaired) electrons. The third kappa shape index (κ3) is 5.47. The van der Waals surface area contributed by atoms with Crippen molar-refractivity contribution >= 4 is 55.3 Å². The van der Waals surface area contributed by atoms with Crippen LogP contribution < -0.4 is 10.1 Å². The summed E-state index contributed by atoms with van der Waals surface area (Å²) < 4.78 is 21.3. The molecule has 226 valence electrons. The highest BCUT2D eigenvalue weighted by atomic mass is 79.9. The summed E-state index contributed by atoms with van der Waals surface area (Å²) in [6, 6.07) is 18.6. The highest BCUT2D eigenvalue weighted by molar-refractivity contribution is 9.10. The lowest BCUT2D eigenvalue weighted by Crippen LogP contribution is -2.28. The maximum Gasteiger partial charge on any atom is 0.164 e. The van der Waals surface area contributed by atoms with Crippen LogP contribution in [-0.4, -0.2) is 44.6 Å². The molecule has 0 spiro atoms. The lowest BCUT2D eigenvalue weighted by molar-refractivity contribution is -0.148. The lowest BCUT2D eigenvalue weighted by atomic mass is 9.91. The second-order valence-corrected chi connectivity index (χ2v) is 13.2. The van der Waals surface area contributed by atoms with Gasteiger partial charge in [-0.15, -0.1) is 0 Å². The molecule has 7 rings (SSSR count). The first-order valence-corrected chi connectivity index (χ1v) is 15.9. The van der Waals surface area contributed by atoms with Crippen LogP contribution >= 0.6 is 27.5 Å². The zero-order chi connectivity index (χ0) is 30.6. The van der Waals surface area contributed by atoms with Crippen molar-refractivity contribution in [2.24, 2.45) is 5.92 Å². The van der Waals surface area contributed by atoms with Crippen LogP contribution in [0.15, 0.2) is 83.2 Å². The van der Waals surface area contributed by atoms with E-state index in [1.54, 1.807) is 7.11 Å². The molecule has 1 saturated heterocycles. The quantitative estimate of drug-likeness (QED) is 0.132. The Balaban J connectivity index is 1.14. The summed E-state index contributed by atoms with van der Waals surface area (Å²) in [4.78, 5) is 13.7. The van der Waals surface area contributed by atoms with E-state index in [9.17, 15) is 0 Å². The third-order valence-corrected chi connectivity index (χ3v) is 9.41. The number of pyridine rings is 1. The van der Waals surface area contributed by atoms with Crippen LogP contribution in [0.25, 0.3) is 21.9 Å². The SMILES string of the molecule is COc1ccc(CNc2nc3cc(CC(C)C4=C[C@@H](n5ccc6c(Cl)ncnc65)[C@@H]5OC(C)(C)O[C@H]45)ccc3cc2Br)cc1. The molecule has 0 bridgehead atoms. The molecule has 2 aromatic carbocycles. The fourth-order valence-electron chi connectivity index (χ4n) is 6.39. The van der Waals surface area contributed by atoms with Crippen LogP contribution in [0.4, 0.5) is 5.82 Å². The molecule has 0 saturated carbocycles. The summed E-state index contributed by atoms with van der Waals surface area (Å²) in [5, 5.41) is 5.83. The van der Waals surface area contributed by atoms with E-state index in [0.29, 0.717) is 11.7 Å². The molecule has 2 aliphatic rings. The van der Waals surface area contributed by atoms with Crippen LogP contribution in [-0.2, 0) is 22.4 Å². The highest BCUT2D eigenvalue weighted by Gasteiger charge is 2.51. The summed E-state index contributed by atoms with van der Waals surface area (Å²) in [5.74, 6) is 1.18. The molecular formula is C34H33BrClN5O3. The van der Waals surface area contributed by atoms with Gasteiger partial charge in [0.2, 0.25) is 0 Å². The van der Waals surface area contributed by atoms with Crippen molar-refractivity contribution in [3.8, 4) is 5.75 Å². The predicted octanol–water partition coefficient (Wildman–Crippen LogP) is 7.90. The highest BCUT2D eigenvalue weighted by Crippen LogP contribution is 2.47. The van der Waals surface area contributed by atoms with Gasteiger partial charge < -0.3 is 24.1 Å². The molecular weight excluding hydrogens is 642 g/mol. The predicted molar refractivity (Wildman–Crippen MR) is 176 cm³/mol. The Labute approximate surface area is 269 Å². The average molecular weight is 675 g/mol.